The van der Waals surface area contributed by atoms with E-state index in [-0.39, 0.29) is 22.0 Å². The van der Waals surface area contributed by atoms with E-state index in [0.717, 1.165) is 6.42 Å². The predicted molar refractivity (Wildman–Crippen MR) is 89.9 cm³/mol. The lowest BCUT2D eigenvalue weighted by molar-refractivity contribution is 0.0999. The monoisotopic (exact) mass is 399 g/mol. The molecule has 3 rings (SSSR count). The molecule has 0 atom stereocenters. The Balaban J connectivity index is 2.21. The number of pyridine rings is 1. The number of hydrogen-bond acceptors (Lipinski definition) is 3. The minimum atomic E-state index is -0.711. The summed E-state index contributed by atoms with van der Waals surface area (Å²) in [6.07, 6.45) is 1.27. The van der Waals surface area contributed by atoms with Gasteiger partial charge in [-0.2, -0.15) is 0 Å². The summed E-state index contributed by atoms with van der Waals surface area (Å²) in [5.41, 5.74) is 5.87. The molecule has 5 nitrogen and oxygen atoms in total. The molecule has 0 bridgehead atoms. The van der Waals surface area contributed by atoms with Crippen molar-refractivity contribution in [3.63, 3.8) is 0 Å². The van der Waals surface area contributed by atoms with Crippen LogP contribution in [0, 0.1) is 5.82 Å². The number of nitrogens with zero attached hydrogens (tertiary/aromatic N) is 1. The Hall–Kier alpha value is -1.86. The van der Waals surface area contributed by atoms with Crippen LogP contribution >= 0.6 is 27.5 Å². The van der Waals surface area contributed by atoms with E-state index in [1.165, 1.54) is 16.7 Å². The standard InChI is InChI=1S/C15H12BrClFN3O2/c16-7-3-4-9(8(18)6-7)20-13-11(14(19)22)10-2-1-5-21(10)15(23)12(13)17/h3-4,6,20H,1-2,5H2,(H2,19,22). The third kappa shape index (κ3) is 2.74. The Morgan fingerprint density at radius 3 is 2.83 bits per heavy atom. The highest BCUT2D eigenvalue weighted by Crippen LogP contribution is 2.33. The van der Waals surface area contributed by atoms with Gasteiger partial charge in [0.1, 0.15) is 10.8 Å². The van der Waals surface area contributed by atoms with Gasteiger partial charge in [0.25, 0.3) is 11.5 Å². The van der Waals surface area contributed by atoms with E-state index in [9.17, 15) is 14.0 Å². The molecule has 1 aliphatic rings. The molecule has 2 heterocycles. The summed E-state index contributed by atoms with van der Waals surface area (Å²) in [4.78, 5) is 24.2. The zero-order valence-electron chi connectivity index (χ0n) is 11.8. The molecule has 1 aromatic carbocycles. The maximum atomic E-state index is 14.0. The molecule has 1 aliphatic heterocycles. The summed E-state index contributed by atoms with van der Waals surface area (Å²) < 4.78 is 16.1. The average Bonchev–Trinajstić information content (AvgIpc) is 2.96. The number of aromatic nitrogens is 1. The van der Waals surface area contributed by atoms with Crippen molar-refractivity contribution >= 4 is 44.8 Å². The Morgan fingerprint density at radius 1 is 1.43 bits per heavy atom. The van der Waals surface area contributed by atoms with Gasteiger partial charge in [-0.15, -0.1) is 0 Å². The molecule has 1 amide bonds. The minimum Gasteiger partial charge on any atom is -0.365 e. The van der Waals surface area contributed by atoms with Gasteiger partial charge in [0, 0.05) is 16.7 Å². The summed E-state index contributed by atoms with van der Waals surface area (Å²) in [5, 5.41) is 2.57. The van der Waals surface area contributed by atoms with Crippen LogP contribution < -0.4 is 16.6 Å². The van der Waals surface area contributed by atoms with Gasteiger partial charge in [0.05, 0.1) is 16.9 Å². The fourth-order valence-electron chi connectivity index (χ4n) is 2.75. The number of hydrogen-bond donors (Lipinski definition) is 2. The predicted octanol–water partition coefficient (Wildman–Crippen LogP) is 3.19. The molecular weight excluding hydrogens is 389 g/mol. The number of rotatable bonds is 3. The van der Waals surface area contributed by atoms with Crippen molar-refractivity contribution in [1.82, 2.24) is 4.57 Å². The molecule has 2 aromatic rings. The van der Waals surface area contributed by atoms with Gasteiger partial charge in [-0.3, -0.25) is 9.59 Å². The highest BCUT2D eigenvalue weighted by molar-refractivity contribution is 9.10. The molecule has 23 heavy (non-hydrogen) atoms. The molecule has 0 saturated heterocycles. The maximum absolute atomic E-state index is 14.0. The number of carbonyl (C=O) groups excluding carboxylic acids is 1. The van der Waals surface area contributed by atoms with Crippen LogP contribution in [0.5, 0.6) is 0 Å². The molecule has 3 N–H and O–H groups in total. The quantitative estimate of drug-likeness (QED) is 0.831. The summed E-state index contributed by atoms with van der Waals surface area (Å²) in [7, 11) is 0. The molecule has 0 unspecified atom stereocenters. The number of benzene rings is 1. The fraction of sp³-hybridized carbons (Fsp3) is 0.200. The van der Waals surface area contributed by atoms with E-state index in [1.54, 1.807) is 6.07 Å². The molecular formula is C15H12BrClFN3O2. The van der Waals surface area contributed by atoms with Gasteiger partial charge in [0.2, 0.25) is 0 Å². The summed E-state index contributed by atoms with van der Waals surface area (Å²) in [6, 6.07) is 4.37. The van der Waals surface area contributed by atoms with Crippen LogP contribution in [0.25, 0.3) is 0 Å². The first-order valence-corrected chi connectivity index (χ1v) is 8.04. The van der Waals surface area contributed by atoms with Crippen LogP contribution in [0.4, 0.5) is 15.8 Å². The largest absolute Gasteiger partial charge is 0.365 e. The molecule has 0 radical (unpaired) electrons. The molecule has 1 aromatic heterocycles. The van der Waals surface area contributed by atoms with E-state index in [1.807, 2.05) is 0 Å². The summed E-state index contributed by atoms with van der Waals surface area (Å²) in [6.45, 7) is 0.487. The SMILES string of the molecule is NC(=O)c1c(Nc2ccc(Br)cc2F)c(Cl)c(=O)n2c1CCC2. The van der Waals surface area contributed by atoms with Crippen LogP contribution in [0.2, 0.25) is 5.02 Å². The lowest BCUT2D eigenvalue weighted by Crippen LogP contribution is -2.27. The highest BCUT2D eigenvalue weighted by atomic mass is 79.9. The molecule has 8 heteroatoms. The Morgan fingerprint density at radius 2 is 2.17 bits per heavy atom. The highest BCUT2D eigenvalue weighted by Gasteiger charge is 2.27. The van der Waals surface area contributed by atoms with E-state index < -0.39 is 17.3 Å². The van der Waals surface area contributed by atoms with Gasteiger partial charge in [-0.1, -0.05) is 27.5 Å². The molecule has 120 valence electrons. The van der Waals surface area contributed by atoms with Crippen molar-refractivity contribution in [3.05, 3.63) is 55.1 Å². The number of halogens is 3. The third-order valence-electron chi connectivity index (χ3n) is 3.75. The smallest absolute Gasteiger partial charge is 0.271 e. The first kappa shape index (κ1) is 16.0. The number of anilines is 2. The molecule has 0 aliphatic carbocycles. The Kier molecular flexibility index (Phi) is 4.16. The van der Waals surface area contributed by atoms with Crippen molar-refractivity contribution < 1.29 is 9.18 Å². The van der Waals surface area contributed by atoms with Crippen molar-refractivity contribution in [2.24, 2.45) is 5.73 Å². The average molecular weight is 401 g/mol. The second-order valence-electron chi connectivity index (χ2n) is 5.18. The van der Waals surface area contributed by atoms with Gasteiger partial charge in [-0.25, -0.2) is 4.39 Å². The number of fused-ring (bicyclic) bond motifs is 1. The normalized spacial score (nSPS) is 13.0. The van der Waals surface area contributed by atoms with Crippen LogP contribution in [-0.4, -0.2) is 10.5 Å². The summed E-state index contributed by atoms with van der Waals surface area (Å²) in [5.74, 6) is -1.26. The van der Waals surface area contributed by atoms with Crippen molar-refractivity contribution in [2.45, 2.75) is 19.4 Å². The van der Waals surface area contributed by atoms with E-state index in [2.05, 4.69) is 21.2 Å². The van der Waals surface area contributed by atoms with E-state index >= 15 is 0 Å². The number of primary amides is 1. The van der Waals surface area contributed by atoms with Crippen molar-refractivity contribution in [3.8, 4) is 0 Å². The van der Waals surface area contributed by atoms with E-state index in [4.69, 9.17) is 17.3 Å². The van der Waals surface area contributed by atoms with E-state index in [0.29, 0.717) is 23.1 Å². The number of amides is 1. The third-order valence-corrected chi connectivity index (χ3v) is 4.59. The van der Waals surface area contributed by atoms with Crippen molar-refractivity contribution in [2.75, 3.05) is 5.32 Å². The first-order chi connectivity index (χ1) is 10.9. The number of nitrogens with one attached hydrogen (secondary N) is 1. The second kappa shape index (κ2) is 5.98. The van der Waals surface area contributed by atoms with Crippen LogP contribution in [0.3, 0.4) is 0 Å². The van der Waals surface area contributed by atoms with Gasteiger partial charge < -0.3 is 15.6 Å². The Labute approximate surface area is 144 Å². The van der Waals surface area contributed by atoms with Crippen LogP contribution in [0.15, 0.2) is 27.5 Å². The van der Waals surface area contributed by atoms with Crippen LogP contribution in [0.1, 0.15) is 22.5 Å². The van der Waals surface area contributed by atoms with Gasteiger partial charge >= 0.3 is 0 Å². The fourth-order valence-corrected chi connectivity index (χ4v) is 3.32. The Bertz CT molecular complexity index is 882. The number of nitrogens with two attached hydrogens (primary N) is 1. The minimum absolute atomic E-state index is 0.0542. The zero-order valence-corrected chi connectivity index (χ0v) is 14.2. The topological polar surface area (TPSA) is 77.1 Å². The molecule has 0 fully saturated rings. The number of carbonyl (C=O) groups is 1. The second-order valence-corrected chi connectivity index (χ2v) is 6.48. The lowest BCUT2D eigenvalue weighted by Gasteiger charge is -2.17. The summed E-state index contributed by atoms with van der Waals surface area (Å²) >= 11 is 9.29. The maximum Gasteiger partial charge on any atom is 0.271 e. The van der Waals surface area contributed by atoms with Crippen LogP contribution in [-0.2, 0) is 13.0 Å². The lowest BCUT2D eigenvalue weighted by atomic mass is 10.1. The van der Waals surface area contributed by atoms with Crippen molar-refractivity contribution in [1.29, 1.82) is 0 Å². The molecule has 0 spiro atoms. The zero-order chi connectivity index (χ0) is 16.7. The molecule has 0 saturated carbocycles. The first-order valence-electron chi connectivity index (χ1n) is 6.87. The van der Waals surface area contributed by atoms with Gasteiger partial charge in [-0.05, 0) is 31.0 Å². The van der Waals surface area contributed by atoms with Gasteiger partial charge in [0.15, 0.2) is 0 Å².